The van der Waals surface area contributed by atoms with Crippen LogP contribution in [0.2, 0.25) is 0 Å². The second-order valence-corrected chi connectivity index (χ2v) is 8.20. The molecule has 3 rings (SSSR count). The van der Waals surface area contributed by atoms with Gasteiger partial charge < -0.3 is 20.1 Å². The van der Waals surface area contributed by atoms with E-state index in [1.807, 2.05) is 16.7 Å². The number of anilines is 1. The Hall–Kier alpha value is -2.95. The topological polar surface area (TPSA) is 133 Å². The molecule has 30 heavy (non-hydrogen) atoms. The van der Waals surface area contributed by atoms with Gasteiger partial charge in [-0.1, -0.05) is 18.2 Å². The lowest BCUT2D eigenvalue weighted by Crippen LogP contribution is -2.26. The molecule has 10 heteroatoms. The average molecular weight is 435 g/mol. The molecule has 1 aromatic carbocycles. The third-order valence-corrected chi connectivity index (χ3v) is 4.25. The second-order valence-electron chi connectivity index (χ2n) is 6.74. The summed E-state index contributed by atoms with van der Waals surface area (Å²) >= 11 is 0. The molecule has 0 unspecified atom stereocenters. The third kappa shape index (κ3) is 6.83. The summed E-state index contributed by atoms with van der Waals surface area (Å²) < 4.78 is 27.7. The van der Waals surface area contributed by atoms with Gasteiger partial charge in [0, 0.05) is 31.7 Å². The molecule has 2 heterocycles. The number of amides is 1. The molecule has 0 atom stereocenters. The maximum atomic E-state index is 12.2. The van der Waals surface area contributed by atoms with Crippen molar-refractivity contribution in [1.29, 1.82) is 0 Å². The molecule has 4 N–H and O–H groups in total. The summed E-state index contributed by atoms with van der Waals surface area (Å²) in [6.45, 7) is 4.98. The number of aromatic nitrogens is 2. The Morgan fingerprint density at radius 1 is 1.23 bits per heavy atom. The maximum absolute atomic E-state index is 12.2. The number of hydrogen-bond donors (Lipinski definition) is 4. The molecule has 9 nitrogen and oxygen atoms in total. The number of rotatable bonds is 6. The molecule has 0 fully saturated rings. The number of pyridine rings is 1. The molecule has 0 saturated carbocycles. The molecular weight excluding hydrogens is 408 g/mol. The van der Waals surface area contributed by atoms with E-state index in [2.05, 4.69) is 41.6 Å². The lowest BCUT2D eigenvalue weighted by Gasteiger charge is -2.14. The van der Waals surface area contributed by atoms with Crippen LogP contribution in [0.15, 0.2) is 42.9 Å². The number of nitrogens with zero attached hydrogens (tertiary/aromatic N) is 2. The van der Waals surface area contributed by atoms with Gasteiger partial charge in [-0.15, -0.1) is 0 Å². The zero-order valence-electron chi connectivity index (χ0n) is 17.1. The summed E-state index contributed by atoms with van der Waals surface area (Å²) in [7, 11) is -3.67. The van der Waals surface area contributed by atoms with Crippen LogP contribution in [0.3, 0.4) is 0 Å². The molecular formula is C20H26N4O5S. The van der Waals surface area contributed by atoms with E-state index < -0.39 is 10.1 Å². The van der Waals surface area contributed by atoms with Crippen LogP contribution in [-0.2, 0) is 16.7 Å². The summed E-state index contributed by atoms with van der Waals surface area (Å²) in [5, 5.41) is 15.0. The Bertz CT molecular complexity index is 1100. The highest BCUT2D eigenvalue weighted by atomic mass is 32.2. The van der Waals surface area contributed by atoms with Gasteiger partial charge >= 0.3 is 0 Å². The van der Waals surface area contributed by atoms with Gasteiger partial charge in [0.25, 0.3) is 16.0 Å². The van der Waals surface area contributed by atoms with E-state index in [9.17, 15) is 13.2 Å². The zero-order chi connectivity index (χ0) is 22.3. The number of imidazole rings is 1. The number of benzene rings is 1. The lowest BCUT2D eigenvalue weighted by molar-refractivity contribution is 0.0944. The van der Waals surface area contributed by atoms with E-state index in [0.29, 0.717) is 18.4 Å². The van der Waals surface area contributed by atoms with Crippen LogP contribution in [0.4, 0.5) is 5.69 Å². The minimum atomic E-state index is -3.67. The largest absolute Gasteiger partial charge is 0.395 e. The van der Waals surface area contributed by atoms with Crippen molar-refractivity contribution in [2.45, 2.75) is 20.4 Å². The summed E-state index contributed by atoms with van der Waals surface area (Å²) in [4.78, 5) is 16.6. The normalized spacial score (nSPS) is 11.0. The number of fused-ring (bicyclic) bond motifs is 1. The van der Waals surface area contributed by atoms with Crippen molar-refractivity contribution in [2.24, 2.45) is 0 Å². The molecule has 0 aliphatic carbocycles. The number of nitrogens with one attached hydrogen (secondary N) is 2. The van der Waals surface area contributed by atoms with Crippen molar-refractivity contribution in [1.82, 2.24) is 14.7 Å². The molecule has 1 amide bonds. The van der Waals surface area contributed by atoms with E-state index >= 15 is 0 Å². The molecule has 0 aliphatic rings. The first-order chi connectivity index (χ1) is 14.1. The van der Waals surface area contributed by atoms with E-state index in [4.69, 9.17) is 9.66 Å². The predicted octanol–water partition coefficient (Wildman–Crippen LogP) is 1.79. The summed E-state index contributed by atoms with van der Waals surface area (Å²) in [6, 6.07) is 8.03. The molecule has 0 saturated heterocycles. The Morgan fingerprint density at radius 2 is 1.87 bits per heavy atom. The van der Waals surface area contributed by atoms with Crippen LogP contribution in [0, 0.1) is 13.8 Å². The smallest absolute Gasteiger partial charge is 0.261 e. The van der Waals surface area contributed by atoms with Crippen LogP contribution in [-0.4, -0.2) is 52.8 Å². The van der Waals surface area contributed by atoms with Gasteiger partial charge in [-0.2, -0.15) is 8.42 Å². The SMILES string of the molecule is CS(=O)(=O)O.Cc1cccc(C)c1CNc1cc(C(=O)NCCO)cn2ccnc12. The van der Waals surface area contributed by atoms with Crippen molar-refractivity contribution in [3.63, 3.8) is 0 Å². The Kier molecular flexibility index (Phi) is 7.93. The molecule has 3 aromatic rings. The van der Waals surface area contributed by atoms with Crippen molar-refractivity contribution in [3.05, 3.63) is 65.1 Å². The van der Waals surface area contributed by atoms with Crippen molar-refractivity contribution in [2.75, 3.05) is 24.7 Å². The first kappa shape index (κ1) is 23.3. The highest BCUT2D eigenvalue weighted by Gasteiger charge is 2.12. The van der Waals surface area contributed by atoms with Crippen LogP contribution >= 0.6 is 0 Å². The van der Waals surface area contributed by atoms with Gasteiger partial charge in [0.1, 0.15) is 0 Å². The van der Waals surface area contributed by atoms with E-state index in [1.165, 1.54) is 16.7 Å². The van der Waals surface area contributed by atoms with E-state index in [1.54, 1.807) is 18.5 Å². The molecule has 2 aromatic heterocycles. The highest BCUT2D eigenvalue weighted by Crippen LogP contribution is 2.21. The van der Waals surface area contributed by atoms with Crippen LogP contribution in [0.5, 0.6) is 0 Å². The quantitative estimate of drug-likeness (QED) is 0.435. The number of carbonyl (C=O) groups excluding carboxylic acids is 1. The van der Waals surface area contributed by atoms with Gasteiger partial charge in [0.05, 0.1) is 24.1 Å². The number of aryl methyl sites for hydroxylation is 2. The zero-order valence-corrected chi connectivity index (χ0v) is 17.9. The van der Waals surface area contributed by atoms with Crippen LogP contribution in [0.1, 0.15) is 27.0 Å². The van der Waals surface area contributed by atoms with Crippen molar-refractivity contribution >= 4 is 27.4 Å². The number of hydrogen-bond acceptors (Lipinski definition) is 6. The molecule has 0 bridgehead atoms. The maximum Gasteiger partial charge on any atom is 0.261 e. The van der Waals surface area contributed by atoms with Gasteiger partial charge in [-0.05, 0) is 36.6 Å². The summed E-state index contributed by atoms with van der Waals surface area (Å²) in [6.07, 6.45) is 5.96. The summed E-state index contributed by atoms with van der Waals surface area (Å²) in [5.74, 6) is -0.222. The third-order valence-electron chi connectivity index (χ3n) is 4.25. The van der Waals surface area contributed by atoms with Gasteiger partial charge in [-0.25, -0.2) is 4.98 Å². The molecule has 0 radical (unpaired) electrons. The number of aliphatic hydroxyl groups is 1. The number of carbonyl (C=O) groups is 1. The van der Waals surface area contributed by atoms with E-state index in [-0.39, 0.29) is 19.1 Å². The fourth-order valence-corrected chi connectivity index (χ4v) is 2.87. The fourth-order valence-electron chi connectivity index (χ4n) is 2.87. The first-order valence-electron chi connectivity index (χ1n) is 9.17. The Labute approximate surface area is 175 Å². The summed E-state index contributed by atoms with van der Waals surface area (Å²) in [5.41, 5.74) is 5.77. The van der Waals surface area contributed by atoms with Gasteiger partial charge in [0.2, 0.25) is 0 Å². The van der Waals surface area contributed by atoms with Crippen molar-refractivity contribution < 1.29 is 22.9 Å². The van der Waals surface area contributed by atoms with E-state index in [0.717, 1.165) is 11.3 Å². The standard InChI is InChI=1S/C19H22N4O2.CH4O3S/c1-13-4-3-5-14(2)16(13)11-22-17-10-15(19(25)21-7-9-24)12-23-8-6-20-18(17)23;1-5(2,3)4/h3-6,8,10,12,22,24H,7,9,11H2,1-2H3,(H,21,25);1H3,(H,2,3,4). The average Bonchev–Trinajstić information content (AvgIpc) is 3.13. The predicted molar refractivity (Wildman–Crippen MR) is 115 cm³/mol. The second kappa shape index (κ2) is 10.2. The minimum Gasteiger partial charge on any atom is -0.395 e. The number of aliphatic hydroxyl groups excluding tert-OH is 1. The molecule has 162 valence electrons. The fraction of sp³-hybridized carbons (Fsp3) is 0.300. The van der Waals surface area contributed by atoms with Gasteiger partial charge in [0.15, 0.2) is 5.65 Å². The molecule has 0 aliphatic heterocycles. The van der Waals surface area contributed by atoms with Crippen molar-refractivity contribution in [3.8, 4) is 0 Å². The monoisotopic (exact) mass is 434 g/mol. The minimum absolute atomic E-state index is 0.0866. The highest BCUT2D eigenvalue weighted by molar-refractivity contribution is 7.85. The molecule has 0 spiro atoms. The van der Waals surface area contributed by atoms with Gasteiger partial charge in [-0.3, -0.25) is 9.35 Å². The Balaban J connectivity index is 0.000000575. The lowest BCUT2D eigenvalue weighted by atomic mass is 10.0. The van der Waals surface area contributed by atoms with Crippen LogP contribution < -0.4 is 10.6 Å². The Morgan fingerprint density at radius 3 is 2.47 bits per heavy atom. The first-order valence-corrected chi connectivity index (χ1v) is 11.0. The van der Waals surface area contributed by atoms with Crippen LogP contribution in [0.25, 0.3) is 5.65 Å².